The summed E-state index contributed by atoms with van der Waals surface area (Å²) in [5.41, 5.74) is 1.34. The quantitative estimate of drug-likeness (QED) is 0.681. The van der Waals surface area contributed by atoms with Gasteiger partial charge in [0.05, 0.1) is 12.1 Å². The number of methoxy groups -OCH3 is 1. The molecule has 1 aliphatic rings. The van der Waals surface area contributed by atoms with Crippen LogP contribution in [0.15, 0.2) is 35.7 Å². The van der Waals surface area contributed by atoms with E-state index in [2.05, 4.69) is 17.0 Å². The highest BCUT2D eigenvalue weighted by atomic mass is 35.5. The third kappa shape index (κ3) is 5.47. The fraction of sp³-hybridized carbons (Fsp3) is 0.476. The number of benzene rings is 1. The van der Waals surface area contributed by atoms with E-state index in [4.69, 9.17) is 16.3 Å². The first-order valence-electron chi connectivity index (χ1n) is 9.40. The van der Waals surface area contributed by atoms with Gasteiger partial charge in [-0.1, -0.05) is 23.7 Å². The summed E-state index contributed by atoms with van der Waals surface area (Å²) in [7, 11) is 3.58. The number of nitrogens with zero attached hydrogens (tertiary/aromatic N) is 2. The smallest absolute Gasteiger partial charge is 0.265 e. The number of rotatable bonds is 7. The molecule has 0 N–H and O–H groups in total. The van der Waals surface area contributed by atoms with Crippen LogP contribution >= 0.6 is 22.9 Å². The number of likely N-dealkylation sites (tertiary alicyclic amines) is 1. The fourth-order valence-corrected chi connectivity index (χ4v) is 4.69. The fourth-order valence-electron chi connectivity index (χ4n) is 3.56. The average molecular weight is 407 g/mol. The Morgan fingerprint density at radius 2 is 1.96 bits per heavy atom. The van der Waals surface area contributed by atoms with Gasteiger partial charge in [-0.3, -0.25) is 4.79 Å². The zero-order chi connectivity index (χ0) is 19.2. The van der Waals surface area contributed by atoms with E-state index in [0.29, 0.717) is 15.8 Å². The predicted octanol–water partition coefficient (Wildman–Crippen LogP) is 4.44. The van der Waals surface area contributed by atoms with Crippen LogP contribution in [0.5, 0.6) is 5.75 Å². The minimum Gasteiger partial charge on any atom is -0.497 e. The summed E-state index contributed by atoms with van der Waals surface area (Å²) in [4.78, 5) is 17.5. The molecule has 1 fully saturated rings. The van der Waals surface area contributed by atoms with Crippen molar-refractivity contribution in [2.75, 3.05) is 40.3 Å². The van der Waals surface area contributed by atoms with E-state index in [1.807, 2.05) is 29.5 Å². The Kier molecular flexibility index (Phi) is 7.16. The van der Waals surface area contributed by atoms with Crippen LogP contribution in [-0.4, -0.2) is 56.0 Å². The molecule has 3 rings (SSSR count). The molecule has 2 aromatic rings. The minimum absolute atomic E-state index is 0.0388. The molecule has 146 valence electrons. The van der Waals surface area contributed by atoms with Crippen molar-refractivity contribution in [3.05, 3.63) is 51.2 Å². The molecule has 2 heterocycles. The molecule has 1 amide bonds. The third-order valence-corrected chi connectivity index (χ3v) is 6.60. The van der Waals surface area contributed by atoms with Gasteiger partial charge in [0, 0.05) is 20.1 Å². The van der Waals surface area contributed by atoms with Crippen LogP contribution in [0.4, 0.5) is 0 Å². The maximum Gasteiger partial charge on any atom is 0.265 e. The average Bonchev–Trinajstić information content (AvgIpc) is 3.13. The number of carbonyl (C=O) groups excluding carboxylic acids is 1. The summed E-state index contributed by atoms with van der Waals surface area (Å²) >= 11 is 7.51. The lowest BCUT2D eigenvalue weighted by Gasteiger charge is -2.33. The Balaban J connectivity index is 1.40. The van der Waals surface area contributed by atoms with Crippen LogP contribution in [0, 0.1) is 5.92 Å². The lowest BCUT2D eigenvalue weighted by Crippen LogP contribution is -2.40. The second-order valence-corrected chi connectivity index (χ2v) is 8.49. The van der Waals surface area contributed by atoms with Crippen molar-refractivity contribution < 1.29 is 9.53 Å². The molecule has 27 heavy (non-hydrogen) atoms. The first-order chi connectivity index (χ1) is 13.1. The molecule has 4 nitrogen and oxygen atoms in total. The molecule has 0 atom stereocenters. The summed E-state index contributed by atoms with van der Waals surface area (Å²) in [5.74, 6) is 1.51. The number of amides is 1. The van der Waals surface area contributed by atoms with E-state index in [1.54, 1.807) is 13.2 Å². The number of hydrogen-bond acceptors (Lipinski definition) is 4. The Morgan fingerprint density at radius 3 is 2.56 bits per heavy atom. The molecule has 0 spiro atoms. The van der Waals surface area contributed by atoms with E-state index in [0.717, 1.165) is 51.2 Å². The normalized spacial score (nSPS) is 15.7. The molecule has 1 aromatic carbocycles. The lowest BCUT2D eigenvalue weighted by molar-refractivity contribution is 0.0745. The lowest BCUT2D eigenvalue weighted by atomic mass is 9.96. The molecule has 1 aromatic heterocycles. The van der Waals surface area contributed by atoms with Crippen molar-refractivity contribution in [2.45, 2.75) is 19.3 Å². The third-order valence-electron chi connectivity index (χ3n) is 5.27. The Bertz CT molecular complexity index is 739. The molecule has 0 saturated carbocycles. The van der Waals surface area contributed by atoms with Crippen LogP contribution in [-0.2, 0) is 6.42 Å². The maximum atomic E-state index is 12.5. The van der Waals surface area contributed by atoms with Crippen molar-refractivity contribution in [3.8, 4) is 5.75 Å². The van der Waals surface area contributed by atoms with Gasteiger partial charge in [0.25, 0.3) is 5.91 Å². The summed E-state index contributed by atoms with van der Waals surface area (Å²) in [5, 5.41) is 2.43. The predicted molar refractivity (Wildman–Crippen MR) is 112 cm³/mol. The summed E-state index contributed by atoms with van der Waals surface area (Å²) in [6.45, 7) is 4.09. The van der Waals surface area contributed by atoms with Gasteiger partial charge < -0.3 is 14.5 Å². The number of ether oxygens (including phenoxy) is 1. The van der Waals surface area contributed by atoms with Crippen LogP contribution in [0.1, 0.15) is 28.1 Å². The number of hydrogen-bond donors (Lipinski definition) is 0. The van der Waals surface area contributed by atoms with Gasteiger partial charge in [0.2, 0.25) is 0 Å². The van der Waals surface area contributed by atoms with Crippen molar-refractivity contribution in [3.63, 3.8) is 0 Å². The molecule has 6 heteroatoms. The first kappa shape index (κ1) is 20.2. The Morgan fingerprint density at radius 1 is 1.26 bits per heavy atom. The zero-order valence-corrected chi connectivity index (χ0v) is 17.6. The Hall–Kier alpha value is -1.56. The minimum atomic E-state index is 0.0388. The van der Waals surface area contributed by atoms with Gasteiger partial charge in [-0.05, 0) is 67.4 Å². The largest absolute Gasteiger partial charge is 0.497 e. The van der Waals surface area contributed by atoms with E-state index < -0.39 is 0 Å². The number of halogens is 1. The first-order valence-corrected chi connectivity index (χ1v) is 10.7. The summed E-state index contributed by atoms with van der Waals surface area (Å²) in [6, 6.07) is 10.1. The van der Waals surface area contributed by atoms with Crippen LogP contribution in [0.25, 0.3) is 0 Å². The van der Waals surface area contributed by atoms with Gasteiger partial charge in [-0.15, -0.1) is 11.3 Å². The van der Waals surface area contributed by atoms with Gasteiger partial charge in [0.15, 0.2) is 0 Å². The second kappa shape index (κ2) is 9.58. The van der Waals surface area contributed by atoms with E-state index in [9.17, 15) is 4.79 Å². The van der Waals surface area contributed by atoms with Crippen LogP contribution in [0.2, 0.25) is 5.02 Å². The van der Waals surface area contributed by atoms with Crippen LogP contribution < -0.4 is 4.74 Å². The molecule has 0 aliphatic carbocycles. The van der Waals surface area contributed by atoms with E-state index >= 15 is 0 Å². The van der Waals surface area contributed by atoms with Gasteiger partial charge in [-0.25, -0.2) is 0 Å². The monoisotopic (exact) mass is 406 g/mol. The van der Waals surface area contributed by atoms with Gasteiger partial charge in [0.1, 0.15) is 10.6 Å². The van der Waals surface area contributed by atoms with Crippen molar-refractivity contribution in [2.24, 2.45) is 5.92 Å². The highest BCUT2D eigenvalue weighted by molar-refractivity contribution is 7.12. The molecule has 0 unspecified atom stereocenters. The molecule has 1 saturated heterocycles. The highest BCUT2D eigenvalue weighted by Gasteiger charge is 2.23. The van der Waals surface area contributed by atoms with E-state index in [1.165, 1.54) is 16.9 Å². The van der Waals surface area contributed by atoms with Gasteiger partial charge >= 0.3 is 0 Å². The number of thiophene rings is 1. The molecule has 1 aliphatic heterocycles. The Labute approximate surface area is 170 Å². The molecule has 0 bridgehead atoms. The van der Waals surface area contributed by atoms with Crippen molar-refractivity contribution in [1.29, 1.82) is 0 Å². The molecular weight excluding hydrogens is 380 g/mol. The highest BCUT2D eigenvalue weighted by Crippen LogP contribution is 2.25. The number of carbonyl (C=O) groups is 1. The number of piperidine rings is 1. The zero-order valence-electron chi connectivity index (χ0n) is 16.0. The SMILES string of the molecule is COc1ccc(CCN2CCC(CN(C)C(=O)c3sccc3Cl)CC2)cc1. The molecular formula is C21H27ClN2O2S. The van der Waals surface area contributed by atoms with Crippen molar-refractivity contribution in [1.82, 2.24) is 9.80 Å². The van der Waals surface area contributed by atoms with Gasteiger partial charge in [-0.2, -0.15) is 0 Å². The standard InChI is InChI=1S/C21H27ClN2O2S/c1-23(21(25)20-19(22)10-14-27-20)15-17-8-12-24(13-9-17)11-7-16-3-5-18(26-2)6-4-16/h3-6,10,14,17H,7-9,11-13,15H2,1-2H3. The topological polar surface area (TPSA) is 32.8 Å². The van der Waals surface area contributed by atoms with Crippen LogP contribution in [0.3, 0.4) is 0 Å². The van der Waals surface area contributed by atoms with E-state index in [-0.39, 0.29) is 5.91 Å². The summed E-state index contributed by atoms with van der Waals surface area (Å²) < 4.78 is 5.21. The summed E-state index contributed by atoms with van der Waals surface area (Å²) in [6.07, 6.45) is 3.33. The molecule has 0 radical (unpaired) electrons. The second-order valence-electron chi connectivity index (χ2n) is 7.17. The maximum absolute atomic E-state index is 12.5. The van der Waals surface area contributed by atoms with Crippen molar-refractivity contribution >= 4 is 28.8 Å².